The van der Waals surface area contributed by atoms with Gasteiger partial charge in [-0.05, 0) is 19.1 Å². The fraction of sp³-hybridized carbons (Fsp3) is 0.167. The summed E-state index contributed by atoms with van der Waals surface area (Å²) in [6.07, 6.45) is 0.863. The lowest BCUT2D eigenvalue weighted by molar-refractivity contribution is -0.124. The first-order valence-corrected chi connectivity index (χ1v) is 6.23. The van der Waals surface area contributed by atoms with Crippen molar-refractivity contribution in [2.24, 2.45) is 5.73 Å². The molecule has 0 aliphatic rings. The maximum Gasteiger partial charge on any atom is 0.405 e. The Kier molecular flexibility index (Phi) is 4.41. The van der Waals surface area contributed by atoms with Gasteiger partial charge in [-0.25, -0.2) is 4.79 Å². The normalized spacial score (nSPS) is 11.5. The predicted octanol–water partition coefficient (Wildman–Crippen LogP) is 0.0174. The number of ether oxygens (including phenoxy) is 1. The highest BCUT2D eigenvalue weighted by molar-refractivity contribution is 6.03. The summed E-state index contributed by atoms with van der Waals surface area (Å²) < 4.78 is 5.74. The lowest BCUT2D eigenvalue weighted by atomic mass is 10.4. The topological polar surface area (TPSA) is 144 Å². The summed E-state index contributed by atoms with van der Waals surface area (Å²) in [7, 11) is 0. The maximum absolute atomic E-state index is 12.1. The smallest absolute Gasteiger partial charge is 0.405 e. The Morgan fingerprint density at radius 1 is 1.41 bits per heavy atom. The number of rotatable bonds is 5. The summed E-state index contributed by atoms with van der Waals surface area (Å²) >= 11 is 0. The molecule has 0 saturated heterocycles. The van der Waals surface area contributed by atoms with Crippen molar-refractivity contribution < 1.29 is 19.1 Å². The number of aromatic amines is 1. The van der Waals surface area contributed by atoms with Crippen LogP contribution in [-0.2, 0) is 9.53 Å². The zero-order chi connectivity index (χ0) is 16.1. The first-order chi connectivity index (χ1) is 10.5. The van der Waals surface area contributed by atoms with Gasteiger partial charge in [-0.3, -0.25) is 24.8 Å². The number of amides is 3. The van der Waals surface area contributed by atoms with Gasteiger partial charge in [-0.15, -0.1) is 0 Å². The molecule has 1 unspecified atom stereocenters. The van der Waals surface area contributed by atoms with Crippen molar-refractivity contribution in [1.29, 1.82) is 0 Å². The number of carbonyl (C=O) groups excluding carboxylic acids is 3. The second kappa shape index (κ2) is 6.43. The van der Waals surface area contributed by atoms with E-state index in [2.05, 4.69) is 25.7 Å². The maximum atomic E-state index is 12.1. The third-order valence-corrected chi connectivity index (χ3v) is 2.62. The molecule has 0 bridgehead atoms. The van der Waals surface area contributed by atoms with Gasteiger partial charge in [0.15, 0.2) is 11.9 Å². The number of aromatic nitrogens is 3. The van der Waals surface area contributed by atoms with Crippen LogP contribution in [0.2, 0.25) is 0 Å². The van der Waals surface area contributed by atoms with Gasteiger partial charge in [-0.2, -0.15) is 5.10 Å². The number of anilines is 1. The Labute approximate surface area is 124 Å². The monoisotopic (exact) mass is 306 g/mol. The lowest BCUT2D eigenvalue weighted by Crippen LogP contribution is -2.37. The second-order valence-corrected chi connectivity index (χ2v) is 4.23. The van der Waals surface area contributed by atoms with E-state index in [-0.39, 0.29) is 5.69 Å². The molecule has 2 aromatic rings. The molecule has 0 fully saturated rings. The standard InChI is InChI=1S/C12H14N6O4/c1-7(22-12(13)21)10(19)17-18-6-2-3-8(18)11(20)15-9-4-5-14-16-9/h2-7H,1H3,(H2,13,21)(H,17,19)(H2,14,15,16,20). The fourth-order valence-electron chi connectivity index (χ4n) is 1.61. The van der Waals surface area contributed by atoms with Crippen LogP contribution in [0.5, 0.6) is 0 Å². The molecule has 0 radical (unpaired) electrons. The minimum Gasteiger partial charge on any atom is -0.437 e. The molecule has 0 aliphatic carbocycles. The van der Waals surface area contributed by atoms with Crippen molar-refractivity contribution in [2.45, 2.75) is 13.0 Å². The number of nitrogens with one attached hydrogen (secondary N) is 3. The largest absolute Gasteiger partial charge is 0.437 e. The first kappa shape index (κ1) is 15.1. The SMILES string of the molecule is CC(OC(N)=O)C(=O)Nn1cccc1C(=O)Nc1cc[nH]n1. The van der Waals surface area contributed by atoms with E-state index in [0.717, 1.165) is 0 Å². The van der Waals surface area contributed by atoms with Crippen LogP contribution in [0, 0.1) is 0 Å². The third kappa shape index (κ3) is 3.62. The van der Waals surface area contributed by atoms with Gasteiger partial charge < -0.3 is 15.8 Å². The molecular weight excluding hydrogens is 292 g/mol. The molecule has 0 saturated carbocycles. The van der Waals surface area contributed by atoms with Gasteiger partial charge in [0.05, 0.1) is 0 Å². The highest BCUT2D eigenvalue weighted by Gasteiger charge is 2.19. The summed E-state index contributed by atoms with van der Waals surface area (Å²) in [5, 5.41) is 8.89. The Morgan fingerprint density at radius 3 is 2.82 bits per heavy atom. The average molecular weight is 306 g/mol. The average Bonchev–Trinajstić information content (AvgIpc) is 3.09. The van der Waals surface area contributed by atoms with Crippen LogP contribution in [0.3, 0.4) is 0 Å². The highest BCUT2D eigenvalue weighted by atomic mass is 16.6. The molecule has 2 heterocycles. The fourth-order valence-corrected chi connectivity index (χ4v) is 1.61. The second-order valence-electron chi connectivity index (χ2n) is 4.23. The number of H-pyrrole nitrogens is 1. The van der Waals surface area contributed by atoms with Gasteiger partial charge in [0.1, 0.15) is 5.69 Å². The number of carbonyl (C=O) groups is 3. The molecule has 1 atom stereocenters. The Hall–Kier alpha value is -3.30. The first-order valence-electron chi connectivity index (χ1n) is 6.23. The summed E-state index contributed by atoms with van der Waals surface area (Å²) in [4.78, 5) is 34.5. The van der Waals surface area contributed by atoms with E-state index in [9.17, 15) is 14.4 Å². The molecule has 10 nitrogen and oxygen atoms in total. The number of hydrogen-bond acceptors (Lipinski definition) is 5. The van der Waals surface area contributed by atoms with Crippen LogP contribution in [0.15, 0.2) is 30.6 Å². The van der Waals surface area contributed by atoms with Crippen LogP contribution in [-0.4, -0.2) is 38.9 Å². The number of nitrogens with two attached hydrogens (primary N) is 1. The predicted molar refractivity (Wildman–Crippen MR) is 75.5 cm³/mol. The van der Waals surface area contributed by atoms with E-state index in [1.165, 1.54) is 23.9 Å². The third-order valence-electron chi connectivity index (χ3n) is 2.62. The molecule has 2 rings (SSSR count). The van der Waals surface area contributed by atoms with Gasteiger partial charge >= 0.3 is 6.09 Å². The van der Waals surface area contributed by atoms with Crippen LogP contribution in [0.4, 0.5) is 10.6 Å². The lowest BCUT2D eigenvalue weighted by Gasteiger charge is -2.14. The van der Waals surface area contributed by atoms with Crippen molar-refractivity contribution >= 4 is 23.7 Å². The Morgan fingerprint density at radius 2 is 2.18 bits per heavy atom. The molecule has 5 N–H and O–H groups in total. The van der Waals surface area contributed by atoms with Gasteiger partial charge in [0.25, 0.3) is 11.8 Å². The molecule has 0 aliphatic heterocycles. The molecule has 3 amide bonds. The van der Waals surface area contributed by atoms with E-state index in [4.69, 9.17) is 5.73 Å². The minimum absolute atomic E-state index is 0.169. The van der Waals surface area contributed by atoms with Crippen LogP contribution < -0.4 is 16.5 Å². The zero-order valence-electron chi connectivity index (χ0n) is 11.6. The van der Waals surface area contributed by atoms with Crippen molar-refractivity contribution in [1.82, 2.24) is 14.9 Å². The van der Waals surface area contributed by atoms with Gasteiger partial charge in [-0.1, -0.05) is 0 Å². The van der Waals surface area contributed by atoms with Crippen LogP contribution in [0.1, 0.15) is 17.4 Å². The van der Waals surface area contributed by atoms with E-state index >= 15 is 0 Å². The van der Waals surface area contributed by atoms with Crippen molar-refractivity contribution in [3.05, 3.63) is 36.3 Å². The highest BCUT2D eigenvalue weighted by Crippen LogP contribution is 2.06. The molecule has 116 valence electrons. The number of primary amides is 1. The van der Waals surface area contributed by atoms with Crippen molar-refractivity contribution in [3.63, 3.8) is 0 Å². The molecule has 10 heteroatoms. The molecule has 0 spiro atoms. The molecule has 22 heavy (non-hydrogen) atoms. The van der Waals surface area contributed by atoms with Gasteiger partial charge in [0, 0.05) is 18.5 Å². The zero-order valence-corrected chi connectivity index (χ0v) is 11.6. The van der Waals surface area contributed by atoms with E-state index in [0.29, 0.717) is 5.82 Å². The van der Waals surface area contributed by atoms with Gasteiger partial charge in [0.2, 0.25) is 0 Å². The van der Waals surface area contributed by atoms with E-state index in [1.54, 1.807) is 18.3 Å². The molecule has 0 aromatic carbocycles. The van der Waals surface area contributed by atoms with Crippen molar-refractivity contribution in [3.8, 4) is 0 Å². The molecular formula is C12H14N6O4. The Bertz CT molecular complexity index is 678. The minimum atomic E-state index is -1.10. The summed E-state index contributed by atoms with van der Waals surface area (Å²) in [6.45, 7) is 1.35. The van der Waals surface area contributed by atoms with Crippen LogP contribution >= 0.6 is 0 Å². The quantitative estimate of drug-likeness (QED) is 0.615. The number of hydrogen-bond donors (Lipinski definition) is 4. The van der Waals surface area contributed by atoms with Crippen molar-refractivity contribution in [2.75, 3.05) is 10.7 Å². The number of nitrogens with zero attached hydrogens (tertiary/aromatic N) is 2. The summed E-state index contributed by atoms with van der Waals surface area (Å²) in [5.74, 6) is -0.765. The van der Waals surface area contributed by atoms with E-state index < -0.39 is 24.0 Å². The summed E-state index contributed by atoms with van der Waals surface area (Å²) in [5.41, 5.74) is 7.42. The van der Waals surface area contributed by atoms with Crippen LogP contribution in [0.25, 0.3) is 0 Å². The molecule has 2 aromatic heterocycles. The summed E-state index contributed by atoms with van der Waals surface area (Å²) in [6, 6.07) is 4.65. The Balaban J connectivity index is 2.04. The van der Waals surface area contributed by atoms with E-state index in [1.807, 2.05) is 0 Å².